The molecule has 0 aromatic rings. The molecule has 4 heteroatoms. The van der Waals surface area contributed by atoms with E-state index in [4.69, 9.17) is 10.8 Å². The zero-order valence-electron chi connectivity index (χ0n) is 5.62. The van der Waals surface area contributed by atoms with Gasteiger partial charge in [-0.1, -0.05) is 0 Å². The summed E-state index contributed by atoms with van der Waals surface area (Å²) >= 11 is 0. The molecule has 0 radical (unpaired) electrons. The van der Waals surface area contributed by atoms with E-state index in [1.807, 2.05) is 0 Å². The number of nitrogens with two attached hydrogens (primary N) is 1. The van der Waals surface area contributed by atoms with Gasteiger partial charge in [-0.3, -0.25) is 4.79 Å². The van der Waals surface area contributed by atoms with Gasteiger partial charge in [0.25, 0.3) is 0 Å². The minimum absolute atomic E-state index is 0. The SMILES string of the molecule is Cl.N[C@@H]1CC[C@@H](C(=O)O)C1. The first kappa shape index (κ1) is 9.72. The van der Waals surface area contributed by atoms with Gasteiger partial charge in [-0.15, -0.1) is 12.4 Å². The third-order valence-electron chi connectivity index (χ3n) is 1.82. The van der Waals surface area contributed by atoms with Gasteiger partial charge in [-0.2, -0.15) is 0 Å². The molecule has 0 spiro atoms. The van der Waals surface area contributed by atoms with E-state index in [2.05, 4.69) is 0 Å². The average Bonchev–Trinajstić information content (AvgIpc) is 2.14. The second-order valence-electron chi connectivity index (χ2n) is 2.61. The molecule has 10 heavy (non-hydrogen) atoms. The molecule has 0 amide bonds. The number of hydrogen-bond acceptors (Lipinski definition) is 2. The molecule has 0 aromatic carbocycles. The Kier molecular flexibility index (Phi) is 3.68. The lowest BCUT2D eigenvalue weighted by molar-refractivity contribution is -0.141. The first-order valence-corrected chi connectivity index (χ1v) is 3.18. The van der Waals surface area contributed by atoms with Crippen molar-refractivity contribution in [3.63, 3.8) is 0 Å². The van der Waals surface area contributed by atoms with E-state index in [1.54, 1.807) is 0 Å². The van der Waals surface area contributed by atoms with Gasteiger partial charge < -0.3 is 10.8 Å². The molecule has 1 aliphatic carbocycles. The molecular formula is C6H12ClNO2. The highest BCUT2D eigenvalue weighted by Crippen LogP contribution is 2.23. The fourth-order valence-corrected chi connectivity index (χ4v) is 1.24. The topological polar surface area (TPSA) is 63.3 Å². The van der Waals surface area contributed by atoms with Gasteiger partial charge in [0.1, 0.15) is 0 Å². The number of carbonyl (C=O) groups is 1. The van der Waals surface area contributed by atoms with E-state index in [-0.39, 0.29) is 24.4 Å². The molecule has 0 aliphatic heterocycles. The van der Waals surface area contributed by atoms with Crippen LogP contribution in [-0.4, -0.2) is 17.1 Å². The van der Waals surface area contributed by atoms with Crippen LogP contribution in [0.2, 0.25) is 0 Å². The molecule has 0 unspecified atom stereocenters. The molecule has 1 rings (SSSR count). The fraction of sp³-hybridized carbons (Fsp3) is 0.833. The summed E-state index contributed by atoms with van der Waals surface area (Å²) in [5, 5.41) is 8.48. The van der Waals surface area contributed by atoms with Gasteiger partial charge in [0, 0.05) is 6.04 Å². The molecule has 1 aliphatic rings. The van der Waals surface area contributed by atoms with Crippen LogP contribution in [0.4, 0.5) is 0 Å². The predicted molar refractivity (Wildman–Crippen MR) is 40.2 cm³/mol. The van der Waals surface area contributed by atoms with Crippen LogP contribution in [0.15, 0.2) is 0 Å². The number of rotatable bonds is 1. The number of halogens is 1. The van der Waals surface area contributed by atoms with E-state index in [1.165, 1.54) is 0 Å². The average molecular weight is 166 g/mol. The Morgan fingerprint density at radius 3 is 2.30 bits per heavy atom. The van der Waals surface area contributed by atoms with Gasteiger partial charge >= 0.3 is 5.97 Å². The van der Waals surface area contributed by atoms with Crippen molar-refractivity contribution in [3.8, 4) is 0 Å². The van der Waals surface area contributed by atoms with Gasteiger partial charge in [0.2, 0.25) is 0 Å². The van der Waals surface area contributed by atoms with Crippen molar-refractivity contribution in [2.24, 2.45) is 11.7 Å². The van der Waals surface area contributed by atoms with Gasteiger partial charge in [-0.25, -0.2) is 0 Å². The summed E-state index contributed by atoms with van der Waals surface area (Å²) in [5.74, 6) is -0.858. The summed E-state index contributed by atoms with van der Waals surface area (Å²) in [6, 6.07) is 0.131. The highest BCUT2D eigenvalue weighted by atomic mass is 35.5. The number of aliphatic carboxylic acids is 1. The summed E-state index contributed by atoms with van der Waals surface area (Å²) in [7, 11) is 0. The summed E-state index contributed by atoms with van der Waals surface area (Å²) in [6.07, 6.45) is 2.29. The molecule has 0 saturated heterocycles. The first-order chi connectivity index (χ1) is 4.20. The Morgan fingerprint density at radius 2 is 2.10 bits per heavy atom. The highest BCUT2D eigenvalue weighted by molar-refractivity contribution is 5.85. The van der Waals surface area contributed by atoms with E-state index >= 15 is 0 Å². The van der Waals surface area contributed by atoms with Crippen LogP contribution in [-0.2, 0) is 4.79 Å². The fourth-order valence-electron chi connectivity index (χ4n) is 1.24. The molecular weight excluding hydrogens is 154 g/mol. The minimum atomic E-state index is -0.692. The van der Waals surface area contributed by atoms with Crippen molar-refractivity contribution in [1.29, 1.82) is 0 Å². The monoisotopic (exact) mass is 165 g/mol. The molecule has 3 nitrogen and oxygen atoms in total. The van der Waals surface area contributed by atoms with Gasteiger partial charge in [0.15, 0.2) is 0 Å². The Hall–Kier alpha value is -0.280. The van der Waals surface area contributed by atoms with Gasteiger partial charge in [0.05, 0.1) is 5.92 Å². The van der Waals surface area contributed by atoms with Crippen molar-refractivity contribution in [2.75, 3.05) is 0 Å². The van der Waals surface area contributed by atoms with Crippen molar-refractivity contribution in [3.05, 3.63) is 0 Å². The summed E-state index contributed by atoms with van der Waals surface area (Å²) in [4.78, 5) is 10.3. The zero-order chi connectivity index (χ0) is 6.85. The number of carboxylic acid groups (broad SMARTS) is 1. The third-order valence-corrected chi connectivity index (χ3v) is 1.82. The quantitative estimate of drug-likeness (QED) is 0.599. The van der Waals surface area contributed by atoms with Crippen LogP contribution in [0, 0.1) is 5.92 Å². The Labute approximate surface area is 66.0 Å². The molecule has 1 saturated carbocycles. The van der Waals surface area contributed by atoms with Crippen molar-refractivity contribution in [1.82, 2.24) is 0 Å². The Bertz CT molecular complexity index is 129. The maximum absolute atomic E-state index is 10.3. The largest absolute Gasteiger partial charge is 0.481 e. The Morgan fingerprint density at radius 1 is 1.50 bits per heavy atom. The summed E-state index contributed by atoms with van der Waals surface area (Å²) < 4.78 is 0. The van der Waals surface area contributed by atoms with Crippen molar-refractivity contribution >= 4 is 18.4 Å². The van der Waals surface area contributed by atoms with Crippen LogP contribution < -0.4 is 5.73 Å². The zero-order valence-corrected chi connectivity index (χ0v) is 6.43. The molecule has 60 valence electrons. The first-order valence-electron chi connectivity index (χ1n) is 3.18. The minimum Gasteiger partial charge on any atom is -0.481 e. The van der Waals surface area contributed by atoms with Crippen LogP contribution >= 0.6 is 12.4 Å². The van der Waals surface area contributed by atoms with Crippen molar-refractivity contribution in [2.45, 2.75) is 25.3 Å². The lowest BCUT2D eigenvalue weighted by atomic mass is 10.1. The lowest BCUT2D eigenvalue weighted by Crippen LogP contribution is -2.17. The highest BCUT2D eigenvalue weighted by Gasteiger charge is 2.26. The second-order valence-corrected chi connectivity index (χ2v) is 2.61. The van der Waals surface area contributed by atoms with Crippen molar-refractivity contribution < 1.29 is 9.90 Å². The molecule has 2 atom stereocenters. The third kappa shape index (κ3) is 2.15. The van der Waals surface area contributed by atoms with Crippen LogP contribution in [0.5, 0.6) is 0 Å². The maximum Gasteiger partial charge on any atom is 0.306 e. The smallest absolute Gasteiger partial charge is 0.306 e. The van der Waals surface area contributed by atoms with E-state index in [0.29, 0.717) is 6.42 Å². The normalized spacial score (nSPS) is 31.3. The van der Waals surface area contributed by atoms with E-state index in [0.717, 1.165) is 12.8 Å². The van der Waals surface area contributed by atoms with Crippen LogP contribution in [0.1, 0.15) is 19.3 Å². The van der Waals surface area contributed by atoms with E-state index < -0.39 is 5.97 Å². The van der Waals surface area contributed by atoms with Gasteiger partial charge in [-0.05, 0) is 19.3 Å². The maximum atomic E-state index is 10.3. The summed E-state index contributed by atoms with van der Waals surface area (Å²) in [6.45, 7) is 0. The summed E-state index contributed by atoms with van der Waals surface area (Å²) in [5.41, 5.74) is 5.50. The molecule has 3 N–H and O–H groups in total. The van der Waals surface area contributed by atoms with E-state index in [9.17, 15) is 4.79 Å². The molecule has 0 bridgehead atoms. The lowest BCUT2D eigenvalue weighted by Gasteiger charge is -1.99. The standard InChI is InChI=1S/C6H11NO2.ClH/c7-5-2-1-4(3-5)6(8)9;/h4-5H,1-3,7H2,(H,8,9);1H/t4-,5-;/m1./s1. The van der Waals surface area contributed by atoms with Crippen LogP contribution in [0.25, 0.3) is 0 Å². The molecule has 1 fully saturated rings. The second kappa shape index (κ2) is 3.78. The predicted octanol–water partition coefficient (Wildman–Crippen LogP) is 0.620. The Balaban J connectivity index is 0.000000810. The number of carboxylic acids is 1. The number of hydrogen-bond donors (Lipinski definition) is 2. The molecule has 0 heterocycles. The van der Waals surface area contributed by atoms with Crippen LogP contribution in [0.3, 0.4) is 0 Å². The molecule has 0 aromatic heterocycles.